The molecule has 0 aliphatic rings. The second kappa shape index (κ2) is 7.73. The molecule has 6 heteroatoms. The first-order valence-electron chi connectivity index (χ1n) is 7.34. The van der Waals surface area contributed by atoms with Crippen LogP contribution < -0.4 is 5.43 Å². The zero-order chi connectivity index (χ0) is 16.1. The van der Waals surface area contributed by atoms with Gasteiger partial charge in [0.1, 0.15) is 0 Å². The number of halogens is 1. The maximum atomic E-state index is 5.92. The number of aromatic nitrogens is 1. The van der Waals surface area contributed by atoms with Gasteiger partial charge in [-0.05, 0) is 30.0 Å². The SMILES string of the molecule is CCCC(=NNc1nc(-c2ccc(Cl)cc2)cs1)c1cccs1. The van der Waals surface area contributed by atoms with Crippen LogP contribution in [0.4, 0.5) is 5.13 Å². The van der Waals surface area contributed by atoms with E-state index >= 15 is 0 Å². The molecular weight excluding hydrogens is 346 g/mol. The molecule has 0 unspecified atom stereocenters. The van der Waals surface area contributed by atoms with Gasteiger partial charge < -0.3 is 0 Å². The molecule has 3 rings (SSSR count). The number of thiophene rings is 1. The van der Waals surface area contributed by atoms with E-state index in [0.717, 1.165) is 40.0 Å². The third-order valence-corrected chi connectivity index (χ3v) is 5.14. The van der Waals surface area contributed by atoms with Crippen LogP contribution >= 0.6 is 34.3 Å². The predicted octanol–water partition coefficient (Wildman–Crippen LogP) is 6.14. The molecule has 0 amide bonds. The van der Waals surface area contributed by atoms with Gasteiger partial charge in [0.2, 0.25) is 5.13 Å². The molecule has 3 nitrogen and oxygen atoms in total. The Morgan fingerprint density at radius 2 is 2.04 bits per heavy atom. The van der Waals surface area contributed by atoms with Crippen molar-refractivity contribution in [2.45, 2.75) is 19.8 Å². The van der Waals surface area contributed by atoms with Crippen molar-refractivity contribution in [3.63, 3.8) is 0 Å². The number of hydrazone groups is 1. The maximum Gasteiger partial charge on any atom is 0.203 e. The number of hydrogen-bond donors (Lipinski definition) is 1. The van der Waals surface area contributed by atoms with Gasteiger partial charge in [-0.2, -0.15) is 5.10 Å². The Labute approximate surface area is 148 Å². The van der Waals surface area contributed by atoms with Gasteiger partial charge in [-0.1, -0.05) is 43.1 Å². The Morgan fingerprint density at radius 3 is 2.74 bits per heavy atom. The molecule has 0 aliphatic heterocycles. The third-order valence-electron chi connectivity index (χ3n) is 3.22. The number of benzene rings is 1. The highest BCUT2D eigenvalue weighted by molar-refractivity contribution is 7.14. The minimum Gasteiger partial charge on any atom is -0.252 e. The third kappa shape index (κ3) is 4.19. The molecule has 0 radical (unpaired) electrons. The number of rotatable bonds is 6. The molecule has 0 atom stereocenters. The highest BCUT2D eigenvalue weighted by Crippen LogP contribution is 2.26. The van der Waals surface area contributed by atoms with Gasteiger partial charge in [0, 0.05) is 16.0 Å². The van der Waals surface area contributed by atoms with E-state index in [2.05, 4.69) is 33.9 Å². The molecule has 0 saturated heterocycles. The second-order valence-electron chi connectivity index (χ2n) is 4.94. The Balaban J connectivity index is 1.75. The summed E-state index contributed by atoms with van der Waals surface area (Å²) in [5.74, 6) is 0. The van der Waals surface area contributed by atoms with E-state index in [9.17, 15) is 0 Å². The predicted molar refractivity (Wildman–Crippen MR) is 102 cm³/mol. The van der Waals surface area contributed by atoms with E-state index in [-0.39, 0.29) is 0 Å². The lowest BCUT2D eigenvalue weighted by atomic mass is 10.2. The molecule has 1 N–H and O–H groups in total. The van der Waals surface area contributed by atoms with Crippen molar-refractivity contribution >= 4 is 45.1 Å². The van der Waals surface area contributed by atoms with Crippen LogP contribution in [-0.4, -0.2) is 10.7 Å². The highest BCUT2D eigenvalue weighted by Gasteiger charge is 2.06. The summed E-state index contributed by atoms with van der Waals surface area (Å²) in [6, 6.07) is 11.8. The maximum absolute atomic E-state index is 5.92. The fraction of sp³-hybridized carbons (Fsp3) is 0.176. The lowest BCUT2D eigenvalue weighted by molar-refractivity contribution is 0.989. The van der Waals surface area contributed by atoms with Crippen LogP contribution in [0.25, 0.3) is 11.3 Å². The van der Waals surface area contributed by atoms with Gasteiger partial charge in [-0.15, -0.1) is 22.7 Å². The minimum absolute atomic E-state index is 0.729. The van der Waals surface area contributed by atoms with Crippen molar-refractivity contribution in [1.29, 1.82) is 0 Å². The van der Waals surface area contributed by atoms with Gasteiger partial charge in [-0.3, -0.25) is 5.43 Å². The van der Waals surface area contributed by atoms with E-state index < -0.39 is 0 Å². The van der Waals surface area contributed by atoms with Gasteiger partial charge >= 0.3 is 0 Å². The van der Waals surface area contributed by atoms with Crippen molar-refractivity contribution in [1.82, 2.24) is 4.98 Å². The fourth-order valence-electron chi connectivity index (χ4n) is 2.11. The van der Waals surface area contributed by atoms with Crippen LogP contribution in [0, 0.1) is 0 Å². The summed E-state index contributed by atoms with van der Waals surface area (Å²) in [6.07, 6.45) is 2.01. The largest absolute Gasteiger partial charge is 0.252 e. The number of thiazole rings is 1. The van der Waals surface area contributed by atoms with Crippen LogP contribution in [-0.2, 0) is 0 Å². The number of anilines is 1. The van der Waals surface area contributed by atoms with Crippen molar-refractivity contribution in [2.24, 2.45) is 5.10 Å². The Morgan fingerprint density at radius 1 is 1.22 bits per heavy atom. The van der Waals surface area contributed by atoms with Crippen molar-refractivity contribution in [3.8, 4) is 11.3 Å². The summed E-state index contributed by atoms with van der Waals surface area (Å²) in [4.78, 5) is 5.79. The van der Waals surface area contributed by atoms with E-state index in [0.29, 0.717) is 0 Å². The van der Waals surface area contributed by atoms with E-state index in [1.165, 1.54) is 4.88 Å². The Bertz CT molecular complexity index is 777. The summed E-state index contributed by atoms with van der Waals surface area (Å²) < 4.78 is 0. The lowest BCUT2D eigenvalue weighted by Gasteiger charge is -2.02. The molecule has 118 valence electrons. The summed E-state index contributed by atoms with van der Waals surface area (Å²) in [7, 11) is 0. The first-order chi connectivity index (χ1) is 11.3. The Hall–Kier alpha value is -1.69. The van der Waals surface area contributed by atoms with Crippen molar-refractivity contribution in [3.05, 3.63) is 57.1 Å². The number of nitrogens with one attached hydrogen (secondary N) is 1. The van der Waals surface area contributed by atoms with Gasteiger partial charge in [0.05, 0.1) is 16.3 Å². The zero-order valence-electron chi connectivity index (χ0n) is 12.6. The first kappa shape index (κ1) is 16.2. The number of nitrogens with zero attached hydrogens (tertiary/aromatic N) is 2. The molecule has 23 heavy (non-hydrogen) atoms. The summed E-state index contributed by atoms with van der Waals surface area (Å²) in [6.45, 7) is 2.16. The van der Waals surface area contributed by atoms with Crippen LogP contribution in [0.3, 0.4) is 0 Å². The van der Waals surface area contributed by atoms with Crippen molar-refractivity contribution < 1.29 is 0 Å². The molecular formula is C17H16ClN3S2. The quantitative estimate of drug-likeness (QED) is 0.422. The van der Waals surface area contributed by atoms with Crippen LogP contribution in [0.2, 0.25) is 5.02 Å². The summed E-state index contributed by atoms with van der Waals surface area (Å²) in [5.41, 5.74) is 6.15. The molecule has 2 heterocycles. The molecule has 1 aromatic carbocycles. The standard InChI is InChI=1S/C17H16ClN3S2/c1-2-4-14(16-5-3-10-22-16)20-21-17-19-15(11-23-17)12-6-8-13(18)9-7-12/h3,5-11H,2,4H2,1H3,(H,19,21). The van der Waals surface area contributed by atoms with E-state index in [1.807, 2.05) is 35.7 Å². The molecule has 0 spiro atoms. The van der Waals surface area contributed by atoms with E-state index in [1.54, 1.807) is 22.7 Å². The van der Waals surface area contributed by atoms with Crippen LogP contribution in [0.1, 0.15) is 24.6 Å². The molecule has 0 bridgehead atoms. The van der Waals surface area contributed by atoms with Crippen molar-refractivity contribution in [2.75, 3.05) is 5.43 Å². The Kier molecular flexibility index (Phi) is 5.43. The van der Waals surface area contributed by atoms with Gasteiger partial charge in [0.15, 0.2) is 0 Å². The second-order valence-corrected chi connectivity index (χ2v) is 7.18. The first-order valence-corrected chi connectivity index (χ1v) is 9.48. The monoisotopic (exact) mass is 361 g/mol. The molecule has 0 aliphatic carbocycles. The topological polar surface area (TPSA) is 37.3 Å². The normalized spacial score (nSPS) is 11.7. The summed E-state index contributed by atoms with van der Waals surface area (Å²) in [5, 5.41) is 10.2. The average Bonchev–Trinajstić information content (AvgIpc) is 3.24. The molecule has 3 aromatic rings. The highest BCUT2D eigenvalue weighted by atomic mass is 35.5. The molecule has 0 fully saturated rings. The van der Waals surface area contributed by atoms with Crippen LogP contribution in [0.5, 0.6) is 0 Å². The zero-order valence-corrected chi connectivity index (χ0v) is 15.0. The van der Waals surface area contributed by atoms with Gasteiger partial charge in [-0.25, -0.2) is 4.98 Å². The number of hydrogen-bond acceptors (Lipinski definition) is 5. The molecule has 0 saturated carbocycles. The average molecular weight is 362 g/mol. The van der Waals surface area contributed by atoms with Crippen LogP contribution in [0.15, 0.2) is 52.3 Å². The lowest BCUT2D eigenvalue weighted by Crippen LogP contribution is -2.02. The smallest absolute Gasteiger partial charge is 0.203 e. The fourth-order valence-corrected chi connectivity index (χ4v) is 3.64. The van der Waals surface area contributed by atoms with Gasteiger partial charge in [0.25, 0.3) is 0 Å². The van der Waals surface area contributed by atoms with E-state index in [4.69, 9.17) is 11.6 Å². The minimum atomic E-state index is 0.729. The molecule has 2 aromatic heterocycles. The summed E-state index contributed by atoms with van der Waals surface area (Å²) >= 11 is 9.18.